The summed E-state index contributed by atoms with van der Waals surface area (Å²) < 4.78 is 0. The zero-order valence-electron chi connectivity index (χ0n) is 9.92. The molecule has 1 saturated heterocycles. The molecule has 0 spiro atoms. The summed E-state index contributed by atoms with van der Waals surface area (Å²) >= 11 is 2.11. The van der Waals surface area contributed by atoms with Crippen molar-refractivity contribution in [1.82, 2.24) is 10.2 Å². The van der Waals surface area contributed by atoms with Gasteiger partial charge in [-0.2, -0.15) is 11.8 Å². The van der Waals surface area contributed by atoms with Crippen molar-refractivity contribution in [3.8, 4) is 0 Å². The average Bonchev–Trinajstić information content (AvgIpc) is 2.13. The van der Waals surface area contributed by atoms with E-state index in [0.717, 1.165) is 17.7 Å². The molecule has 0 radical (unpaired) electrons. The average molecular weight is 216 g/mol. The maximum Gasteiger partial charge on any atom is 0.0244 e. The lowest BCUT2D eigenvalue weighted by Crippen LogP contribution is -2.50. The van der Waals surface area contributed by atoms with Crippen molar-refractivity contribution >= 4 is 11.8 Å². The minimum absolute atomic E-state index is 0.711. The number of nitrogens with one attached hydrogen (secondary N) is 1. The van der Waals surface area contributed by atoms with E-state index in [2.05, 4.69) is 49.8 Å². The molecular weight excluding hydrogens is 192 g/mol. The van der Waals surface area contributed by atoms with Crippen molar-refractivity contribution in [1.29, 1.82) is 0 Å². The summed E-state index contributed by atoms with van der Waals surface area (Å²) in [6, 6.07) is 0.711. The fourth-order valence-corrected chi connectivity index (χ4v) is 3.18. The number of rotatable bonds is 4. The normalized spacial score (nSPS) is 26.8. The third-order valence-corrected chi connectivity index (χ3v) is 4.06. The maximum absolute atomic E-state index is 3.31. The third-order valence-electron chi connectivity index (χ3n) is 2.92. The first kappa shape index (κ1) is 12.3. The highest BCUT2D eigenvalue weighted by molar-refractivity contribution is 7.99. The van der Waals surface area contributed by atoms with Gasteiger partial charge in [0, 0.05) is 36.7 Å². The highest BCUT2D eigenvalue weighted by atomic mass is 32.2. The maximum atomic E-state index is 3.31. The molecule has 1 heterocycles. The van der Waals surface area contributed by atoms with E-state index in [1.54, 1.807) is 0 Å². The first-order valence-corrected chi connectivity index (χ1v) is 6.70. The van der Waals surface area contributed by atoms with Gasteiger partial charge in [0.25, 0.3) is 0 Å². The second kappa shape index (κ2) is 5.99. The predicted octanol–water partition coefficient (Wildman–Crippen LogP) is 1.67. The van der Waals surface area contributed by atoms with Gasteiger partial charge in [0.05, 0.1) is 0 Å². The van der Waals surface area contributed by atoms with Crippen LogP contribution in [-0.2, 0) is 0 Å². The molecule has 0 saturated carbocycles. The quantitative estimate of drug-likeness (QED) is 0.769. The van der Waals surface area contributed by atoms with Gasteiger partial charge in [-0.25, -0.2) is 0 Å². The minimum atomic E-state index is 0.711. The molecule has 1 aliphatic rings. The molecule has 1 rings (SSSR count). The molecular formula is C11H24N2S. The van der Waals surface area contributed by atoms with E-state index in [9.17, 15) is 0 Å². The van der Waals surface area contributed by atoms with Crippen LogP contribution in [0.4, 0.5) is 0 Å². The van der Waals surface area contributed by atoms with Gasteiger partial charge in [-0.3, -0.25) is 4.90 Å². The summed E-state index contributed by atoms with van der Waals surface area (Å²) in [7, 11) is 2.05. The molecule has 0 aromatic rings. The van der Waals surface area contributed by atoms with E-state index in [0.29, 0.717) is 6.04 Å². The van der Waals surface area contributed by atoms with Gasteiger partial charge in [0.1, 0.15) is 0 Å². The number of hydrogen-bond donors (Lipinski definition) is 1. The molecule has 0 amide bonds. The Morgan fingerprint density at radius 2 is 2.21 bits per heavy atom. The Hall–Kier alpha value is 0.270. The fourth-order valence-electron chi connectivity index (χ4n) is 2.14. The van der Waals surface area contributed by atoms with E-state index in [-0.39, 0.29) is 0 Å². The van der Waals surface area contributed by atoms with Crippen molar-refractivity contribution in [2.75, 3.05) is 32.4 Å². The molecule has 0 bridgehead atoms. The largest absolute Gasteiger partial charge is 0.318 e. The van der Waals surface area contributed by atoms with Gasteiger partial charge in [-0.05, 0) is 13.0 Å². The van der Waals surface area contributed by atoms with Crippen LogP contribution in [0.15, 0.2) is 0 Å². The predicted molar refractivity (Wildman–Crippen MR) is 66.0 cm³/mol. The first-order chi connectivity index (χ1) is 6.65. The van der Waals surface area contributed by atoms with Crippen LogP contribution in [-0.4, -0.2) is 48.6 Å². The van der Waals surface area contributed by atoms with Crippen LogP contribution in [0.5, 0.6) is 0 Å². The molecule has 1 fully saturated rings. The second-order valence-electron chi connectivity index (χ2n) is 4.55. The van der Waals surface area contributed by atoms with Crippen molar-refractivity contribution in [2.24, 2.45) is 5.92 Å². The summed E-state index contributed by atoms with van der Waals surface area (Å²) in [5.74, 6) is 2.05. The van der Waals surface area contributed by atoms with Crippen molar-refractivity contribution in [3.63, 3.8) is 0 Å². The zero-order valence-corrected chi connectivity index (χ0v) is 10.7. The standard InChI is InChI=1S/C11H24N2S/c1-9(2)11(7-12-4)13-5-6-14-10(3)8-13/h9-12H,5-8H2,1-4H3. The Labute approximate surface area is 92.8 Å². The van der Waals surface area contributed by atoms with E-state index >= 15 is 0 Å². The summed E-state index contributed by atoms with van der Waals surface area (Å²) in [5.41, 5.74) is 0. The van der Waals surface area contributed by atoms with E-state index < -0.39 is 0 Å². The highest BCUT2D eigenvalue weighted by Gasteiger charge is 2.25. The molecule has 1 aliphatic heterocycles. The first-order valence-electron chi connectivity index (χ1n) is 5.65. The van der Waals surface area contributed by atoms with Gasteiger partial charge < -0.3 is 5.32 Å². The molecule has 0 aromatic carbocycles. The summed E-state index contributed by atoms with van der Waals surface area (Å²) in [6.07, 6.45) is 0. The van der Waals surface area contributed by atoms with Crippen molar-refractivity contribution in [2.45, 2.75) is 32.1 Å². The fraction of sp³-hybridized carbons (Fsp3) is 1.00. The van der Waals surface area contributed by atoms with E-state index in [1.165, 1.54) is 18.8 Å². The SMILES string of the molecule is CNCC(C(C)C)N1CCSC(C)C1. The number of hydrogen-bond acceptors (Lipinski definition) is 3. The molecule has 0 aromatic heterocycles. The minimum Gasteiger partial charge on any atom is -0.318 e. The van der Waals surface area contributed by atoms with Crippen LogP contribution in [0.3, 0.4) is 0 Å². The number of likely N-dealkylation sites (N-methyl/N-ethyl adjacent to an activating group) is 1. The topological polar surface area (TPSA) is 15.3 Å². The monoisotopic (exact) mass is 216 g/mol. The molecule has 2 unspecified atom stereocenters. The van der Waals surface area contributed by atoms with Crippen LogP contribution in [0.1, 0.15) is 20.8 Å². The molecule has 2 atom stereocenters. The molecule has 1 N–H and O–H groups in total. The van der Waals surface area contributed by atoms with Crippen LogP contribution < -0.4 is 5.32 Å². The zero-order chi connectivity index (χ0) is 10.6. The third kappa shape index (κ3) is 3.44. The van der Waals surface area contributed by atoms with Crippen molar-refractivity contribution < 1.29 is 0 Å². The number of nitrogens with zero attached hydrogens (tertiary/aromatic N) is 1. The molecule has 14 heavy (non-hydrogen) atoms. The lowest BCUT2D eigenvalue weighted by atomic mass is 10.0. The molecule has 84 valence electrons. The Kier molecular flexibility index (Phi) is 5.28. The lowest BCUT2D eigenvalue weighted by molar-refractivity contribution is 0.160. The molecule has 3 heteroatoms. The molecule has 2 nitrogen and oxygen atoms in total. The summed E-state index contributed by atoms with van der Waals surface area (Å²) in [6.45, 7) is 10.6. The summed E-state index contributed by atoms with van der Waals surface area (Å²) in [4.78, 5) is 2.66. The van der Waals surface area contributed by atoms with Gasteiger partial charge in [0.2, 0.25) is 0 Å². The van der Waals surface area contributed by atoms with Gasteiger partial charge in [0.15, 0.2) is 0 Å². The summed E-state index contributed by atoms with van der Waals surface area (Å²) in [5, 5.41) is 4.12. The highest BCUT2D eigenvalue weighted by Crippen LogP contribution is 2.21. The van der Waals surface area contributed by atoms with Gasteiger partial charge in [-0.1, -0.05) is 20.8 Å². The van der Waals surface area contributed by atoms with E-state index in [4.69, 9.17) is 0 Å². The second-order valence-corrected chi connectivity index (χ2v) is 6.09. The van der Waals surface area contributed by atoms with Crippen LogP contribution in [0.2, 0.25) is 0 Å². The lowest BCUT2D eigenvalue weighted by Gasteiger charge is -2.39. The van der Waals surface area contributed by atoms with Gasteiger partial charge >= 0.3 is 0 Å². The van der Waals surface area contributed by atoms with Crippen LogP contribution in [0.25, 0.3) is 0 Å². The Morgan fingerprint density at radius 1 is 1.50 bits per heavy atom. The van der Waals surface area contributed by atoms with Crippen molar-refractivity contribution in [3.05, 3.63) is 0 Å². The Morgan fingerprint density at radius 3 is 2.71 bits per heavy atom. The Balaban J connectivity index is 2.48. The molecule has 0 aliphatic carbocycles. The Bertz CT molecular complexity index is 161. The van der Waals surface area contributed by atoms with Gasteiger partial charge in [-0.15, -0.1) is 0 Å². The van der Waals surface area contributed by atoms with Crippen LogP contribution in [0, 0.1) is 5.92 Å². The van der Waals surface area contributed by atoms with E-state index in [1.807, 2.05) is 0 Å². The number of thioether (sulfide) groups is 1. The smallest absolute Gasteiger partial charge is 0.0244 e. The van der Waals surface area contributed by atoms with Crippen LogP contribution >= 0.6 is 11.8 Å².